The molecule has 2 aromatic heterocycles. The van der Waals surface area contributed by atoms with Gasteiger partial charge in [0.2, 0.25) is 0 Å². The maximum atomic E-state index is 4.80. The first-order valence-electron chi connectivity index (χ1n) is 10.6. The molecule has 0 bridgehead atoms. The lowest BCUT2D eigenvalue weighted by Gasteiger charge is -2.12. The van der Waals surface area contributed by atoms with E-state index in [0.29, 0.717) is 0 Å². The maximum absolute atomic E-state index is 4.80. The molecule has 0 atom stereocenters. The molecule has 0 aliphatic rings. The largest absolute Gasteiger partial charge is 0.309 e. The Morgan fingerprint density at radius 3 is 2.03 bits per heavy atom. The summed E-state index contributed by atoms with van der Waals surface area (Å²) in [5.41, 5.74) is 4.69. The summed E-state index contributed by atoms with van der Waals surface area (Å²) < 4.78 is 2.38. The van der Waals surface area contributed by atoms with Crippen LogP contribution in [0.25, 0.3) is 59.9 Å². The van der Waals surface area contributed by atoms with Crippen LogP contribution < -0.4 is 0 Å². The smallest absolute Gasteiger partial charge is 0.0786 e. The highest BCUT2D eigenvalue weighted by Crippen LogP contribution is 2.42. The Hall–Kier alpha value is -4.17. The minimum atomic E-state index is 1.06. The van der Waals surface area contributed by atoms with Crippen LogP contribution in [0.15, 0.2) is 109 Å². The third-order valence-electron chi connectivity index (χ3n) is 6.40. The number of nitrogens with zero attached hydrogens (tertiary/aromatic N) is 2. The van der Waals surface area contributed by atoms with Crippen molar-refractivity contribution in [3.63, 3.8) is 0 Å². The molecule has 2 heteroatoms. The summed E-state index contributed by atoms with van der Waals surface area (Å²) in [5, 5.41) is 8.79. The van der Waals surface area contributed by atoms with Gasteiger partial charge in [-0.15, -0.1) is 0 Å². The Balaban J connectivity index is 1.83. The van der Waals surface area contributed by atoms with E-state index in [2.05, 4.69) is 102 Å². The minimum absolute atomic E-state index is 1.06. The van der Waals surface area contributed by atoms with Crippen molar-refractivity contribution in [2.45, 2.75) is 0 Å². The number of para-hydroxylation sites is 2. The third kappa shape index (κ3) is 2.19. The Bertz CT molecular complexity index is 1740. The molecule has 7 rings (SSSR count). The molecule has 2 heterocycles. The van der Waals surface area contributed by atoms with E-state index in [1.54, 1.807) is 0 Å². The van der Waals surface area contributed by atoms with Gasteiger partial charge in [0.05, 0.1) is 16.6 Å². The molecule has 0 amide bonds. The van der Waals surface area contributed by atoms with Gasteiger partial charge in [0.1, 0.15) is 0 Å². The molecule has 7 aromatic rings. The van der Waals surface area contributed by atoms with Crippen molar-refractivity contribution in [1.82, 2.24) is 9.55 Å². The molecular formula is C29H18N2. The van der Waals surface area contributed by atoms with Crippen molar-refractivity contribution >= 4 is 54.3 Å². The molecule has 0 unspecified atom stereocenters. The zero-order chi connectivity index (χ0) is 20.4. The number of fused-ring (bicyclic) bond motifs is 10. The summed E-state index contributed by atoms with van der Waals surface area (Å²) in [6.45, 7) is 0. The number of hydrogen-bond acceptors (Lipinski definition) is 1. The van der Waals surface area contributed by atoms with Gasteiger partial charge in [0.15, 0.2) is 0 Å². The lowest BCUT2D eigenvalue weighted by atomic mass is 9.94. The second-order valence-corrected chi connectivity index (χ2v) is 8.02. The fourth-order valence-electron chi connectivity index (χ4n) is 5.17. The standard InChI is InChI=1S/C29H18N2/c1-2-9-19(10-3-1)31-25-15-7-6-13-23(25)28-26(31)17-16-24-27(28)21-12-5-4-11-20(21)22-14-8-18-30-29(22)24/h1-18H. The lowest BCUT2D eigenvalue weighted by molar-refractivity contribution is 1.18. The maximum Gasteiger partial charge on any atom is 0.0786 e. The Kier molecular flexibility index (Phi) is 3.30. The van der Waals surface area contributed by atoms with Gasteiger partial charge in [0, 0.05) is 38.8 Å². The van der Waals surface area contributed by atoms with Gasteiger partial charge in [-0.1, -0.05) is 72.8 Å². The first-order chi connectivity index (χ1) is 15.4. The van der Waals surface area contributed by atoms with Crippen LogP contribution in [-0.2, 0) is 0 Å². The van der Waals surface area contributed by atoms with Crippen molar-refractivity contribution in [2.24, 2.45) is 0 Å². The average molecular weight is 394 g/mol. The van der Waals surface area contributed by atoms with Crippen molar-refractivity contribution in [1.29, 1.82) is 0 Å². The zero-order valence-electron chi connectivity index (χ0n) is 16.8. The highest BCUT2D eigenvalue weighted by Gasteiger charge is 2.18. The molecule has 0 aliphatic carbocycles. The normalized spacial score (nSPS) is 11.9. The van der Waals surface area contributed by atoms with E-state index >= 15 is 0 Å². The summed E-state index contributed by atoms with van der Waals surface area (Å²) in [4.78, 5) is 4.80. The van der Waals surface area contributed by atoms with E-state index in [1.165, 1.54) is 54.4 Å². The molecule has 31 heavy (non-hydrogen) atoms. The van der Waals surface area contributed by atoms with Crippen LogP contribution in [0.2, 0.25) is 0 Å². The van der Waals surface area contributed by atoms with Crippen molar-refractivity contribution in [2.75, 3.05) is 0 Å². The second kappa shape index (κ2) is 6.16. The molecule has 0 radical (unpaired) electrons. The number of hydrogen-bond donors (Lipinski definition) is 0. The van der Waals surface area contributed by atoms with Gasteiger partial charge in [-0.25, -0.2) is 0 Å². The molecule has 0 saturated carbocycles. The lowest BCUT2D eigenvalue weighted by Crippen LogP contribution is -1.93. The zero-order valence-corrected chi connectivity index (χ0v) is 16.8. The highest BCUT2D eigenvalue weighted by molar-refractivity contribution is 6.34. The van der Waals surface area contributed by atoms with Crippen LogP contribution in [-0.4, -0.2) is 9.55 Å². The van der Waals surface area contributed by atoms with Gasteiger partial charge in [-0.3, -0.25) is 4.98 Å². The molecule has 0 N–H and O–H groups in total. The van der Waals surface area contributed by atoms with Crippen LogP contribution in [0, 0.1) is 0 Å². The summed E-state index contributed by atoms with van der Waals surface area (Å²) in [7, 11) is 0. The molecule has 0 spiro atoms. The molecular weight excluding hydrogens is 376 g/mol. The quantitative estimate of drug-likeness (QED) is 0.262. The Morgan fingerprint density at radius 2 is 1.16 bits per heavy atom. The number of benzene rings is 5. The number of rotatable bonds is 1. The summed E-state index contributed by atoms with van der Waals surface area (Å²) in [5.74, 6) is 0. The van der Waals surface area contributed by atoms with Gasteiger partial charge in [-0.2, -0.15) is 0 Å². The molecule has 5 aromatic carbocycles. The topological polar surface area (TPSA) is 17.8 Å². The SMILES string of the molecule is c1ccc(-n2c3ccccc3c3c4c5ccccc5c5cccnc5c4ccc32)cc1. The predicted molar refractivity (Wildman–Crippen MR) is 131 cm³/mol. The fourth-order valence-corrected chi connectivity index (χ4v) is 5.17. The van der Waals surface area contributed by atoms with Crippen molar-refractivity contribution in [3.8, 4) is 5.69 Å². The second-order valence-electron chi connectivity index (χ2n) is 8.02. The van der Waals surface area contributed by atoms with E-state index in [4.69, 9.17) is 4.98 Å². The molecule has 144 valence electrons. The van der Waals surface area contributed by atoms with Crippen LogP contribution in [0.5, 0.6) is 0 Å². The Morgan fingerprint density at radius 1 is 0.452 bits per heavy atom. The average Bonchev–Trinajstić information content (AvgIpc) is 3.19. The van der Waals surface area contributed by atoms with Gasteiger partial charge >= 0.3 is 0 Å². The van der Waals surface area contributed by atoms with E-state index in [9.17, 15) is 0 Å². The monoisotopic (exact) mass is 394 g/mol. The van der Waals surface area contributed by atoms with E-state index in [-0.39, 0.29) is 0 Å². The number of aromatic nitrogens is 2. The fraction of sp³-hybridized carbons (Fsp3) is 0. The molecule has 0 fully saturated rings. The highest BCUT2D eigenvalue weighted by atomic mass is 15.0. The summed E-state index contributed by atoms with van der Waals surface area (Å²) in [6, 6.07) is 36.8. The van der Waals surface area contributed by atoms with E-state index in [0.717, 1.165) is 5.52 Å². The molecule has 0 aliphatic heterocycles. The summed E-state index contributed by atoms with van der Waals surface area (Å²) in [6.07, 6.45) is 1.90. The van der Waals surface area contributed by atoms with Crippen LogP contribution in [0.4, 0.5) is 0 Å². The predicted octanol–water partition coefficient (Wildman–Crippen LogP) is 7.64. The third-order valence-corrected chi connectivity index (χ3v) is 6.40. The van der Waals surface area contributed by atoms with E-state index < -0.39 is 0 Å². The van der Waals surface area contributed by atoms with Crippen molar-refractivity contribution < 1.29 is 0 Å². The van der Waals surface area contributed by atoms with Gasteiger partial charge < -0.3 is 4.57 Å². The number of pyridine rings is 1. The Labute approximate surface area is 179 Å². The first kappa shape index (κ1) is 16.6. The summed E-state index contributed by atoms with van der Waals surface area (Å²) >= 11 is 0. The minimum Gasteiger partial charge on any atom is -0.309 e. The van der Waals surface area contributed by atoms with Crippen LogP contribution >= 0.6 is 0 Å². The van der Waals surface area contributed by atoms with E-state index in [1.807, 2.05) is 12.3 Å². The van der Waals surface area contributed by atoms with Crippen LogP contribution in [0.3, 0.4) is 0 Å². The molecule has 2 nitrogen and oxygen atoms in total. The molecule has 0 saturated heterocycles. The van der Waals surface area contributed by atoms with Gasteiger partial charge in [-0.05, 0) is 41.1 Å². The van der Waals surface area contributed by atoms with Crippen molar-refractivity contribution in [3.05, 3.63) is 109 Å². The van der Waals surface area contributed by atoms with Gasteiger partial charge in [0.25, 0.3) is 0 Å². The van der Waals surface area contributed by atoms with Crippen LogP contribution in [0.1, 0.15) is 0 Å². The first-order valence-corrected chi connectivity index (χ1v) is 10.6.